The predicted molar refractivity (Wildman–Crippen MR) is 180 cm³/mol. The number of hydrogen-bond acceptors (Lipinski definition) is 2. The third-order valence-electron chi connectivity index (χ3n) is 9.00. The van der Waals surface area contributed by atoms with E-state index in [4.69, 9.17) is 9.97 Å². The second-order valence-corrected chi connectivity index (χ2v) is 11.4. The van der Waals surface area contributed by atoms with Gasteiger partial charge in [0.2, 0.25) is 0 Å². The second kappa shape index (κ2) is 9.89. The van der Waals surface area contributed by atoms with E-state index in [1.165, 1.54) is 49.6 Å². The number of aromatic nitrogens is 3. The molecule has 0 bridgehead atoms. The first-order valence-electron chi connectivity index (χ1n) is 15.0. The van der Waals surface area contributed by atoms with Gasteiger partial charge in [0.1, 0.15) is 6.33 Å². The Morgan fingerprint density at radius 2 is 1.00 bits per heavy atom. The number of para-hydroxylation sites is 2. The quantitative estimate of drug-likeness (QED) is 0.214. The molecule has 0 atom stereocenters. The van der Waals surface area contributed by atoms with Crippen LogP contribution >= 0.6 is 0 Å². The molecule has 0 amide bonds. The van der Waals surface area contributed by atoms with Crippen LogP contribution in [0.15, 0.2) is 158 Å². The van der Waals surface area contributed by atoms with Crippen molar-refractivity contribution in [3.05, 3.63) is 175 Å². The fourth-order valence-electron chi connectivity index (χ4n) is 7.07. The SMILES string of the molecule is c1cc(-c2cc(-c3cccc(-n4c5ccccc5c5ccccc54)c3)ncn2)cc(C2c3ccccc3-c3ccccc32)c1. The van der Waals surface area contributed by atoms with Gasteiger partial charge in [0, 0.05) is 33.5 Å². The Kier molecular flexibility index (Phi) is 5.57. The standard InChI is InChI=1S/C41H27N3/c1-3-19-35-31(15-1)32-16-2-4-20-36(32)41(35)29-13-9-11-27(23-29)37-25-38(43-26-42-37)28-12-10-14-30(24-28)44-39-21-7-5-17-33(39)34-18-6-8-22-40(34)44/h1-26,41H. The van der Waals surface area contributed by atoms with Crippen molar-refractivity contribution in [1.29, 1.82) is 0 Å². The number of hydrogen-bond donors (Lipinski definition) is 0. The molecule has 0 unspecified atom stereocenters. The lowest BCUT2D eigenvalue weighted by Crippen LogP contribution is -2.00. The first kappa shape index (κ1) is 24.8. The molecule has 0 fully saturated rings. The summed E-state index contributed by atoms with van der Waals surface area (Å²) in [5.74, 6) is 0.201. The van der Waals surface area contributed by atoms with Gasteiger partial charge < -0.3 is 4.57 Å². The molecule has 0 spiro atoms. The van der Waals surface area contributed by atoms with Gasteiger partial charge in [0.05, 0.1) is 22.4 Å². The van der Waals surface area contributed by atoms with Crippen LogP contribution in [0.3, 0.4) is 0 Å². The van der Waals surface area contributed by atoms with Gasteiger partial charge in [-0.25, -0.2) is 9.97 Å². The highest BCUT2D eigenvalue weighted by Gasteiger charge is 2.29. The van der Waals surface area contributed by atoms with E-state index in [0.717, 1.165) is 28.2 Å². The summed E-state index contributed by atoms with van der Waals surface area (Å²) in [6.45, 7) is 0. The summed E-state index contributed by atoms with van der Waals surface area (Å²) in [5, 5.41) is 2.51. The first-order chi connectivity index (χ1) is 21.8. The maximum Gasteiger partial charge on any atom is 0.116 e. The Labute approximate surface area is 255 Å². The first-order valence-corrected chi connectivity index (χ1v) is 15.0. The van der Waals surface area contributed by atoms with Crippen LogP contribution in [-0.4, -0.2) is 14.5 Å². The normalized spacial score (nSPS) is 12.5. The Hall–Kier alpha value is -5.80. The van der Waals surface area contributed by atoms with Crippen LogP contribution in [0.25, 0.3) is 61.1 Å². The molecule has 206 valence electrons. The summed E-state index contributed by atoms with van der Waals surface area (Å²) in [4.78, 5) is 9.45. The lowest BCUT2D eigenvalue weighted by molar-refractivity contribution is 1.01. The van der Waals surface area contributed by atoms with E-state index >= 15 is 0 Å². The number of nitrogens with zero attached hydrogens (tertiary/aromatic N) is 3. The molecule has 44 heavy (non-hydrogen) atoms. The van der Waals surface area contributed by atoms with Gasteiger partial charge in [0.15, 0.2) is 0 Å². The zero-order valence-electron chi connectivity index (χ0n) is 23.9. The molecule has 3 nitrogen and oxygen atoms in total. The summed E-state index contributed by atoms with van der Waals surface area (Å²) in [6.07, 6.45) is 1.69. The maximum absolute atomic E-state index is 4.73. The van der Waals surface area contributed by atoms with Crippen LogP contribution < -0.4 is 0 Å². The molecule has 1 aliphatic rings. The third kappa shape index (κ3) is 3.83. The summed E-state index contributed by atoms with van der Waals surface area (Å²) in [6, 6.07) is 54.4. The maximum atomic E-state index is 4.73. The van der Waals surface area contributed by atoms with Gasteiger partial charge in [0.25, 0.3) is 0 Å². The molecule has 2 aromatic heterocycles. The Bertz CT molecular complexity index is 2260. The Morgan fingerprint density at radius 3 is 1.66 bits per heavy atom. The van der Waals surface area contributed by atoms with Crippen LogP contribution in [-0.2, 0) is 0 Å². The van der Waals surface area contributed by atoms with Crippen LogP contribution in [0.2, 0.25) is 0 Å². The number of benzene rings is 6. The molecule has 8 aromatic rings. The van der Waals surface area contributed by atoms with Gasteiger partial charge in [-0.2, -0.15) is 0 Å². The van der Waals surface area contributed by atoms with Gasteiger partial charge in [-0.15, -0.1) is 0 Å². The monoisotopic (exact) mass is 561 g/mol. The third-order valence-corrected chi connectivity index (χ3v) is 9.00. The fraction of sp³-hybridized carbons (Fsp3) is 0.0244. The van der Waals surface area contributed by atoms with E-state index in [0.29, 0.717) is 0 Å². The van der Waals surface area contributed by atoms with Crippen LogP contribution in [0, 0.1) is 0 Å². The topological polar surface area (TPSA) is 30.7 Å². The highest BCUT2D eigenvalue weighted by molar-refractivity contribution is 6.09. The van der Waals surface area contributed by atoms with Crippen molar-refractivity contribution in [3.8, 4) is 39.3 Å². The van der Waals surface area contributed by atoms with Crippen LogP contribution in [0.5, 0.6) is 0 Å². The summed E-state index contributed by atoms with van der Waals surface area (Å²) in [5.41, 5.74) is 14.1. The van der Waals surface area contributed by atoms with E-state index in [1.807, 2.05) is 0 Å². The second-order valence-electron chi connectivity index (χ2n) is 11.4. The molecule has 2 heterocycles. The van der Waals surface area contributed by atoms with Crippen molar-refractivity contribution >= 4 is 21.8 Å². The average molecular weight is 562 g/mol. The minimum Gasteiger partial charge on any atom is -0.309 e. The molecule has 3 heteroatoms. The molecule has 6 aromatic carbocycles. The molecule has 0 saturated heterocycles. The van der Waals surface area contributed by atoms with Crippen molar-refractivity contribution in [2.45, 2.75) is 5.92 Å². The average Bonchev–Trinajstić information content (AvgIpc) is 3.62. The van der Waals surface area contributed by atoms with Crippen molar-refractivity contribution in [2.24, 2.45) is 0 Å². The lowest BCUT2D eigenvalue weighted by Gasteiger charge is -2.16. The Morgan fingerprint density at radius 1 is 0.455 bits per heavy atom. The van der Waals surface area contributed by atoms with Crippen LogP contribution in [0.4, 0.5) is 0 Å². The zero-order chi connectivity index (χ0) is 29.0. The summed E-state index contributed by atoms with van der Waals surface area (Å²) >= 11 is 0. The molecule has 0 N–H and O–H groups in total. The van der Waals surface area contributed by atoms with Crippen molar-refractivity contribution < 1.29 is 0 Å². The number of rotatable bonds is 4. The molecule has 1 aliphatic carbocycles. The van der Waals surface area contributed by atoms with E-state index in [9.17, 15) is 0 Å². The largest absolute Gasteiger partial charge is 0.309 e. The Balaban J connectivity index is 1.12. The molecular weight excluding hydrogens is 534 g/mol. The summed E-state index contributed by atoms with van der Waals surface area (Å²) < 4.78 is 2.34. The highest BCUT2D eigenvalue weighted by Crippen LogP contribution is 2.48. The summed E-state index contributed by atoms with van der Waals surface area (Å²) in [7, 11) is 0. The zero-order valence-corrected chi connectivity index (χ0v) is 23.9. The number of fused-ring (bicyclic) bond motifs is 6. The van der Waals surface area contributed by atoms with Gasteiger partial charge in [-0.1, -0.05) is 115 Å². The molecular formula is C41H27N3. The predicted octanol–water partition coefficient (Wildman–Crippen LogP) is 10.1. The van der Waals surface area contributed by atoms with Gasteiger partial charge in [-0.05, 0) is 64.2 Å². The fourth-order valence-corrected chi connectivity index (χ4v) is 7.07. The minimum absolute atomic E-state index is 0.201. The van der Waals surface area contributed by atoms with E-state index < -0.39 is 0 Å². The van der Waals surface area contributed by atoms with Crippen LogP contribution in [0.1, 0.15) is 22.6 Å². The van der Waals surface area contributed by atoms with E-state index in [1.54, 1.807) is 6.33 Å². The minimum atomic E-state index is 0.201. The lowest BCUT2D eigenvalue weighted by atomic mass is 9.88. The molecule has 0 saturated carbocycles. The molecule has 0 radical (unpaired) electrons. The van der Waals surface area contributed by atoms with Gasteiger partial charge >= 0.3 is 0 Å². The van der Waals surface area contributed by atoms with E-state index in [-0.39, 0.29) is 5.92 Å². The van der Waals surface area contributed by atoms with Gasteiger partial charge in [-0.3, -0.25) is 0 Å². The smallest absolute Gasteiger partial charge is 0.116 e. The highest BCUT2D eigenvalue weighted by atomic mass is 15.0. The molecule has 9 rings (SSSR count). The van der Waals surface area contributed by atoms with Crippen molar-refractivity contribution in [2.75, 3.05) is 0 Å². The van der Waals surface area contributed by atoms with E-state index in [2.05, 4.69) is 156 Å². The van der Waals surface area contributed by atoms with Crippen molar-refractivity contribution in [3.63, 3.8) is 0 Å². The van der Waals surface area contributed by atoms with Crippen molar-refractivity contribution in [1.82, 2.24) is 14.5 Å². The molecule has 0 aliphatic heterocycles.